The third-order valence-electron chi connectivity index (χ3n) is 1.74. The van der Waals surface area contributed by atoms with Gasteiger partial charge in [-0.3, -0.25) is 9.59 Å². The van der Waals surface area contributed by atoms with Gasteiger partial charge in [0.25, 0.3) is 0 Å². The van der Waals surface area contributed by atoms with E-state index in [-0.39, 0.29) is 18.0 Å². The maximum absolute atomic E-state index is 11.2. The Kier molecular flexibility index (Phi) is 3.96. The number of ether oxygens (including phenoxy) is 1. The Labute approximate surface area is 87.2 Å². The van der Waals surface area contributed by atoms with Crippen molar-refractivity contribution < 1.29 is 14.3 Å². The van der Waals surface area contributed by atoms with Gasteiger partial charge in [0.2, 0.25) is 0 Å². The van der Waals surface area contributed by atoms with Crippen LogP contribution in [0.3, 0.4) is 0 Å². The lowest BCUT2D eigenvalue weighted by molar-refractivity contribution is -0.144. The molecule has 0 saturated heterocycles. The molecule has 0 fully saturated rings. The summed E-state index contributed by atoms with van der Waals surface area (Å²) in [5.74, 6) is -0.483. The Hall–Kier alpha value is -1.72. The molecule has 0 aliphatic heterocycles. The van der Waals surface area contributed by atoms with Crippen LogP contribution in [0, 0.1) is 0 Å². The number of hydrogen-bond donors (Lipinski definition) is 0. The number of rotatable bonds is 5. The lowest BCUT2D eigenvalue weighted by atomic mass is 10.2. The predicted molar refractivity (Wildman–Crippen MR) is 51.3 cm³/mol. The van der Waals surface area contributed by atoms with Crippen LogP contribution < -0.4 is 0 Å². The molecule has 0 atom stereocenters. The highest BCUT2D eigenvalue weighted by atomic mass is 16.5. The summed E-state index contributed by atoms with van der Waals surface area (Å²) in [7, 11) is 0. The van der Waals surface area contributed by atoms with E-state index in [1.54, 1.807) is 13.8 Å². The molecule has 0 N–H and O–H groups in total. The van der Waals surface area contributed by atoms with Gasteiger partial charge in [0.1, 0.15) is 12.2 Å². The van der Waals surface area contributed by atoms with Crippen LogP contribution >= 0.6 is 0 Å². The van der Waals surface area contributed by atoms with Crippen LogP contribution in [-0.2, 0) is 16.1 Å². The number of Topliss-reactive ketones (excluding diaryl/α,β-unsaturated/α-hetero) is 1. The summed E-state index contributed by atoms with van der Waals surface area (Å²) >= 11 is 0. The zero-order valence-electron chi connectivity index (χ0n) is 8.77. The van der Waals surface area contributed by atoms with Gasteiger partial charge < -0.3 is 4.74 Å². The van der Waals surface area contributed by atoms with E-state index in [0.717, 1.165) is 0 Å². The molecule has 0 unspecified atom stereocenters. The van der Waals surface area contributed by atoms with Gasteiger partial charge in [-0.25, -0.2) is 4.68 Å². The van der Waals surface area contributed by atoms with Crippen molar-refractivity contribution in [2.24, 2.45) is 0 Å². The predicted octanol–water partition coefficient (Wildman–Crippen LogP) is 0.434. The van der Waals surface area contributed by atoms with E-state index in [1.165, 1.54) is 10.9 Å². The van der Waals surface area contributed by atoms with Crippen LogP contribution in [-0.4, -0.2) is 33.4 Å². The van der Waals surface area contributed by atoms with Gasteiger partial charge >= 0.3 is 5.97 Å². The standard InChI is InChI=1S/C9H13N3O3/c1-3-8(13)7-5-12(11-10-7)6-9(14)15-4-2/h5H,3-4,6H2,1-2H3. The first kappa shape index (κ1) is 11.4. The fourth-order valence-corrected chi connectivity index (χ4v) is 1.02. The van der Waals surface area contributed by atoms with Gasteiger partial charge in [-0.05, 0) is 6.92 Å². The number of carbonyl (C=O) groups is 2. The molecule has 1 rings (SSSR count). The van der Waals surface area contributed by atoms with Crippen molar-refractivity contribution in [3.05, 3.63) is 11.9 Å². The zero-order valence-corrected chi connectivity index (χ0v) is 8.77. The molecule has 1 aromatic heterocycles. The number of carbonyl (C=O) groups excluding carboxylic acids is 2. The second-order valence-electron chi connectivity index (χ2n) is 2.88. The molecular weight excluding hydrogens is 198 g/mol. The number of hydrogen-bond acceptors (Lipinski definition) is 5. The quantitative estimate of drug-likeness (QED) is 0.521. The van der Waals surface area contributed by atoms with Crippen molar-refractivity contribution >= 4 is 11.8 Å². The van der Waals surface area contributed by atoms with Crippen molar-refractivity contribution in [1.29, 1.82) is 0 Å². The summed E-state index contributed by atoms with van der Waals surface area (Å²) in [5, 5.41) is 7.31. The summed E-state index contributed by atoms with van der Waals surface area (Å²) < 4.78 is 6.02. The monoisotopic (exact) mass is 211 g/mol. The van der Waals surface area contributed by atoms with Gasteiger partial charge in [-0.15, -0.1) is 5.10 Å². The van der Waals surface area contributed by atoms with E-state index in [9.17, 15) is 9.59 Å². The van der Waals surface area contributed by atoms with E-state index in [4.69, 9.17) is 4.74 Å². The normalized spacial score (nSPS) is 10.0. The van der Waals surface area contributed by atoms with Crippen LogP contribution in [0.2, 0.25) is 0 Å². The molecule has 1 heterocycles. The smallest absolute Gasteiger partial charge is 0.327 e. The fraction of sp³-hybridized carbons (Fsp3) is 0.556. The van der Waals surface area contributed by atoms with E-state index in [2.05, 4.69) is 10.3 Å². The third kappa shape index (κ3) is 3.16. The Morgan fingerprint density at radius 3 is 2.80 bits per heavy atom. The second kappa shape index (κ2) is 5.23. The molecule has 1 aromatic rings. The third-order valence-corrected chi connectivity index (χ3v) is 1.74. The molecule has 0 amide bonds. The average molecular weight is 211 g/mol. The number of esters is 1. The highest BCUT2D eigenvalue weighted by molar-refractivity contribution is 5.93. The first-order valence-corrected chi connectivity index (χ1v) is 4.76. The van der Waals surface area contributed by atoms with E-state index >= 15 is 0 Å². The molecule has 0 aliphatic carbocycles. The van der Waals surface area contributed by atoms with Crippen molar-refractivity contribution in [3.63, 3.8) is 0 Å². The van der Waals surface area contributed by atoms with Gasteiger partial charge in [0, 0.05) is 6.42 Å². The molecule has 0 bridgehead atoms. The summed E-state index contributed by atoms with van der Waals surface area (Å²) in [6.07, 6.45) is 1.82. The number of aromatic nitrogens is 3. The maximum atomic E-state index is 11.2. The van der Waals surface area contributed by atoms with Crippen LogP contribution in [0.15, 0.2) is 6.20 Å². The largest absolute Gasteiger partial charge is 0.465 e. The molecule has 0 spiro atoms. The van der Waals surface area contributed by atoms with Crippen molar-refractivity contribution in [2.45, 2.75) is 26.8 Å². The topological polar surface area (TPSA) is 74.1 Å². The molecular formula is C9H13N3O3. The summed E-state index contributed by atoms with van der Waals surface area (Å²) in [6.45, 7) is 3.78. The first-order valence-electron chi connectivity index (χ1n) is 4.76. The van der Waals surface area contributed by atoms with Gasteiger partial charge in [-0.1, -0.05) is 12.1 Å². The van der Waals surface area contributed by atoms with Crippen molar-refractivity contribution in [3.8, 4) is 0 Å². The Balaban J connectivity index is 2.60. The van der Waals surface area contributed by atoms with E-state index in [0.29, 0.717) is 13.0 Å². The first-order chi connectivity index (χ1) is 7.17. The van der Waals surface area contributed by atoms with Gasteiger partial charge in [0.15, 0.2) is 5.78 Å². The van der Waals surface area contributed by atoms with E-state index < -0.39 is 5.97 Å². The van der Waals surface area contributed by atoms with Crippen molar-refractivity contribution in [2.75, 3.05) is 6.61 Å². The molecule has 82 valence electrons. The number of nitrogens with zero attached hydrogens (tertiary/aromatic N) is 3. The minimum atomic E-state index is -0.391. The SMILES string of the molecule is CCOC(=O)Cn1cc(C(=O)CC)nn1. The summed E-state index contributed by atoms with van der Waals surface area (Å²) in [5.41, 5.74) is 0.279. The molecule has 0 aliphatic rings. The lowest BCUT2D eigenvalue weighted by Gasteiger charge is -1.99. The van der Waals surface area contributed by atoms with E-state index in [1.807, 2.05) is 0 Å². The highest BCUT2D eigenvalue weighted by Gasteiger charge is 2.10. The second-order valence-corrected chi connectivity index (χ2v) is 2.88. The molecule has 15 heavy (non-hydrogen) atoms. The van der Waals surface area contributed by atoms with Gasteiger partial charge in [0.05, 0.1) is 12.8 Å². The van der Waals surface area contributed by atoms with Gasteiger partial charge in [-0.2, -0.15) is 0 Å². The average Bonchev–Trinajstić information content (AvgIpc) is 2.65. The maximum Gasteiger partial charge on any atom is 0.327 e. The lowest BCUT2D eigenvalue weighted by Crippen LogP contribution is -2.13. The Morgan fingerprint density at radius 1 is 1.47 bits per heavy atom. The molecule has 6 heteroatoms. The Morgan fingerprint density at radius 2 is 2.20 bits per heavy atom. The molecule has 0 radical (unpaired) electrons. The minimum absolute atomic E-state index is 0.0160. The minimum Gasteiger partial charge on any atom is -0.465 e. The number of ketones is 1. The molecule has 6 nitrogen and oxygen atoms in total. The highest BCUT2D eigenvalue weighted by Crippen LogP contribution is 1.98. The van der Waals surface area contributed by atoms with Crippen LogP contribution in [0.4, 0.5) is 0 Å². The zero-order chi connectivity index (χ0) is 11.3. The van der Waals surface area contributed by atoms with Crippen LogP contribution in [0.1, 0.15) is 30.8 Å². The van der Waals surface area contributed by atoms with Crippen LogP contribution in [0.25, 0.3) is 0 Å². The van der Waals surface area contributed by atoms with Crippen molar-refractivity contribution in [1.82, 2.24) is 15.0 Å². The summed E-state index contributed by atoms with van der Waals surface area (Å²) in [6, 6.07) is 0. The molecule has 0 aromatic carbocycles. The molecule has 0 saturated carbocycles. The fourth-order valence-electron chi connectivity index (χ4n) is 1.02. The summed E-state index contributed by atoms with van der Waals surface area (Å²) in [4.78, 5) is 22.3. The Bertz CT molecular complexity index is 359. The van der Waals surface area contributed by atoms with Crippen LogP contribution in [0.5, 0.6) is 0 Å².